The third-order valence-electron chi connectivity index (χ3n) is 2.37. The number of nitrogens with zero attached hydrogens (tertiary/aromatic N) is 2. The van der Waals surface area contributed by atoms with Crippen molar-refractivity contribution in [3.05, 3.63) is 28.5 Å². The van der Waals surface area contributed by atoms with Gasteiger partial charge in [0.05, 0.1) is 24.2 Å². The second-order valence-corrected chi connectivity index (χ2v) is 4.45. The summed E-state index contributed by atoms with van der Waals surface area (Å²) in [4.78, 5) is 4.12. The number of rotatable bonds is 4. The minimum absolute atomic E-state index is 0.231. The molecule has 0 fully saturated rings. The highest BCUT2D eigenvalue weighted by molar-refractivity contribution is 9.10. The Morgan fingerprint density at radius 1 is 1.56 bits per heavy atom. The van der Waals surface area contributed by atoms with Crippen LogP contribution in [0, 0.1) is 0 Å². The SMILES string of the molecule is COc1ccc(-c2nc(C(N)CO)no2)cc1Br. The Hall–Kier alpha value is -1.44. The standard InChI is InChI=1S/C11H12BrN3O3/c1-17-9-3-2-6(4-7(9)12)11-14-10(15-18-11)8(13)5-16/h2-4,8,16H,5,13H2,1H3. The van der Waals surface area contributed by atoms with Gasteiger partial charge in [-0.2, -0.15) is 4.98 Å². The Labute approximate surface area is 112 Å². The minimum Gasteiger partial charge on any atom is -0.496 e. The first-order chi connectivity index (χ1) is 8.65. The number of aromatic nitrogens is 2. The first kappa shape index (κ1) is 13.0. The predicted molar refractivity (Wildman–Crippen MR) is 68.0 cm³/mol. The largest absolute Gasteiger partial charge is 0.496 e. The van der Waals surface area contributed by atoms with Crippen LogP contribution in [0.4, 0.5) is 0 Å². The van der Waals surface area contributed by atoms with Crippen molar-refractivity contribution in [3.63, 3.8) is 0 Å². The third kappa shape index (κ3) is 2.53. The van der Waals surface area contributed by atoms with E-state index in [1.807, 2.05) is 0 Å². The van der Waals surface area contributed by atoms with Crippen LogP contribution in [0.5, 0.6) is 5.75 Å². The molecule has 0 radical (unpaired) electrons. The molecule has 0 aliphatic heterocycles. The van der Waals surface area contributed by atoms with Crippen LogP contribution in [0.1, 0.15) is 11.9 Å². The molecule has 18 heavy (non-hydrogen) atoms. The number of aliphatic hydroxyl groups excluding tert-OH is 1. The van der Waals surface area contributed by atoms with Crippen molar-refractivity contribution in [2.75, 3.05) is 13.7 Å². The zero-order valence-corrected chi connectivity index (χ0v) is 11.2. The number of hydrogen-bond donors (Lipinski definition) is 2. The summed E-state index contributed by atoms with van der Waals surface area (Å²) in [7, 11) is 1.59. The average Bonchev–Trinajstić information content (AvgIpc) is 2.87. The topological polar surface area (TPSA) is 94.4 Å². The molecule has 0 spiro atoms. The zero-order chi connectivity index (χ0) is 13.1. The summed E-state index contributed by atoms with van der Waals surface area (Å²) >= 11 is 3.37. The molecule has 1 aromatic carbocycles. The summed E-state index contributed by atoms with van der Waals surface area (Å²) in [5, 5.41) is 12.6. The Morgan fingerprint density at radius 3 is 2.94 bits per heavy atom. The van der Waals surface area contributed by atoms with E-state index in [1.54, 1.807) is 25.3 Å². The molecular formula is C11H12BrN3O3. The number of hydrogen-bond acceptors (Lipinski definition) is 6. The molecule has 0 saturated heterocycles. The molecule has 96 valence electrons. The van der Waals surface area contributed by atoms with Gasteiger partial charge in [-0.05, 0) is 34.1 Å². The van der Waals surface area contributed by atoms with E-state index in [4.69, 9.17) is 20.1 Å². The summed E-state index contributed by atoms with van der Waals surface area (Å²) < 4.78 is 11.0. The van der Waals surface area contributed by atoms with Crippen LogP contribution in [0.3, 0.4) is 0 Å². The van der Waals surface area contributed by atoms with Crippen LogP contribution >= 0.6 is 15.9 Å². The van der Waals surface area contributed by atoms with Gasteiger partial charge < -0.3 is 20.1 Å². The second kappa shape index (κ2) is 5.47. The molecule has 0 bridgehead atoms. The van der Waals surface area contributed by atoms with E-state index in [9.17, 15) is 0 Å². The van der Waals surface area contributed by atoms with Crippen LogP contribution in [0.15, 0.2) is 27.2 Å². The fourth-order valence-corrected chi connectivity index (χ4v) is 1.92. The van der Waals surface area contributed by atoms with E-state index < -0.39 is 6.04 Å². The van der Waals surface area contributed by atoms with Crippen molar-refractivity contribution in [2.24, 2.45) is 5.73 Å². The van der Waals surface area contributed by atoms with E-state index in [1.165, 1.54) is 0 Å². The maximum atomic E-state index is 8.91. The lowest BCUT2D eigenvalue weighted by Gasteiger charge is -2.03. The van der Waals surface area contributed by atoms with E-state index in [2.05, 4.69) is 26.1 Å². The van der Waals surface area contributed by atoms with Crippen molar-refractivity contribution in [1.82, 2.24) is 10.1 Å². The van der Waals surface area contributed by atoms with Gasteiger partial charge in [-0.25, -0.2) is 0 Å². The monoisotopic (exact) mass is 313 g/mol. The second-order valence-electron chi connectivity index (χ2n) is 3.60. The molecule has 1 heterocycles. The quantitative estimate of drug-likeness (QED) is 0.888. The molecule has 7 heteroatoms. The van der Waals surface area contributed by atoms with E-state index in [0.29, 0.717) is 11.6 Å². The Morgan fingerprint density at radius 2 is 2.33 bits per heavy atom. The number of benzene rings is 1. The summed E-state index contributed by atoms with van der Waals surface area (Å²) in [6.07, 6.45) is 0. The van der Waals surface area contributed by atoms with E-state index >= 15 is 0 Å². The van der Waals surface area contributed by atoms with E-state index in [0.717, 1.165) is 10.0 Å². The van der Waals surface area contributed by atoms with Crippen molar-refractivity contribution < 1.29 is 14.4 Å². The molecule has 2 rings (SSSR count). The van der Waals surface area contributed by atoms with Crippen molar-refractivity contribution in [1.29, 1.82) is 0 Å². The zero-order valence-electron chi connectivity index (χ0n) is 9.63. The van der Waals surface area contributed by atoms with Gasteiger partial charge in [0.2, 0.25) is 0 Å². The highest BCUT2D eigenvalue weighted by Gasteiger charge is 2.15. The minimum atomic E-state index is -0.635. The summed E-state index contributed by atoms with van der Waals surface area (Å²) in [5.74, 6) is 1.34. The highest BCUT2D eigenvalue weighted by atomic mass is 79.9. The van der Waals surface area contributed by atoms with Crippen molar-refractivity contribution in [2.45, 2.75) is 6.04 Å². The smallest absolute Gasteiger partial charge is 0.258 e. The van der Waals surface area contributed by atoms with Crippen molar-refractivity contribution >= 4 is 15.9 Å². The molecule has 1 aromatic heterocycles. The summed E-state index contributed by atoms with van der Waals surface area (Å²) in [6, 6.07) is 4.76. The number of methoxy groups -OCH3 is 1. The lowest BCUT2D eigenvalue weighted by Crippen LogP contribution is -2.15. The maximum Gasteiger partial charge on any atom is 0.258 e. The number of halogens is 1. The molecule has 0 amide bonds. The fourth-order valence-electron chi connectivity index (χ4n) is 1.38. The van der Waals surface area contributed by atoms with Crippen LogP contribution in [-0.2, 0) is 0 Å². The van der Waals surface area contributed by atoms with Crippen molar-refractivity contribution in [3.8, 4) is 17.2 Å². The normalized spacial score (nSPS) is 12.4. The molecule has 1 atom stereocenters. The number of ether oxygens (including phenoxy) is 1. The molecule has 0 aliphatic rings. The first-order valence-corrected chi connectivity index (χ1v) is 5.99. The van der Waals surface area contributed by atoms with Gasteiger partial charge in [-0.3, -0.25) is 0 Å². The molecule has 1 unspecified atom stereocenters. The molecule has 0 saturated carbocycles. The van der Waals surface area contributed by atoms with Gasteiger partial charge in [0.25, 0.3) is 5.89 Å². The Balaban J connectivity index is 2.31. The molecular weight excluding hydrogens is 302 g/mol. The predicted octanol–water partition coefficient (Wildman–Crippen LogP) is 1.50. The highest BCUT2D eigenvalue weighted by Crippen LogP contribution is 2.29. The summed E-state index contributed by atoms with van der Waals surface area (Å²) in [5.41, 5.74) is 6.34. The number of aliphatic hydroxyl groups is 1. The van der Waals surface area contributed by atoms with Gasteiger partial charge >= 0.3 is 0 Å². The van der Waals surface area contributed by atoms with Gasteiger partial charge in [-0.1, -0.05) is 5.16 Å². The van der Waals surface area contributed by atoms with Gasteiger partial charge in [0, 0.05) is 5.56 Å². The molecule has 2 aromatic rings. The first-order valence-electron chi connectivity index (χ1n) is 5.19. The van der Waals surface area contributed by atoms with Gasteiger partial charge in [-0.15, -0.1) is 0 Å². The average molecular weight is 314 g/mol. The number of nitrogens with two attached hydrogens (primary N) is 1. The Kier molecular flexibility index (Phi) is 3.95. The van der Waals surface area contributed by atoms with Gasteiger partial charge in [0.15, 0.2) is 5.82 Å². The fraction of sp³-hybridized carbons (Fsp3) is 0.273. The van der Waals surface area contributed by atoms with Crippen LogP contribution < -0.4 is 10.5 Å². The molecule has 3 N–H and O–H groups in total. The maximum absolute atomic E-state index is 8.91. The van der Waals surface area contributed by atoms with Crippen LogP contribution in [0.25, 0.3) is 11.5 Å². The lowest BCUT2D eigenvalue weighted by molar-refractivity contribution is 0.260. The van der Waals surface area contributed by atoms with Crippen LogP contribution in [-0.4, -0.2) is 29.0 Å². The van der Waals surface area contributed by atoms with E-state index in [-0.39, 0.29) is 12.4 Å². The molecule has 0 aliphatic carbocycles. The molecule has 6 nitrogen and oxygen atoms in total. The van der Waals surface area contributed by atoms with Crippen LogP contribution in [0.2, 0.25) is 0 Å². The Bertz CT molecular complexity index is 544. The lowest BCUT2D eigenvalue weighted by atomic mass is 10.2. The summed E-state index contributed by atoms with van der Waals surface area (Å²) in [6.45, 7) is -0.231. The third-order valence-corrected chi connectivity index (χ3v) is 2.99. The van der Waals surface area contributed by atoms with Gasteiger partial charge in [0.1, 0.15) is 5.75 Å².